The Labute approximate surface area is 138 Å². The molecule has 2 rings (SSSR count). The number of carbonyl (C=O) groups excluding carboxylic acids is 1. The standard InChI is InChI=1S/C16H12BrF4NO/c17-12-5-1-10(2-6-12)9-14(23)22-15(16(19,20)21)11-3-7-13(18)8-4-11/h1-8,15H,9H2,(H,22,23). The lowest BCUT2D eigenvalue weighted by Crippen LogP contribution is -2.38. The van der Waals surface area contributed by atoms with Gasteiger partial charge in [-0.1, -0.05) is 40.2 Å². The summed E-state index contributed by atoms with van der Waals surface area (Å²) >= 11 is 3.23. The first-order chi connectivity index (χ1) is 10.8. The molecule has 1 unspecified atom stereocenters. The Balaban J connectivity index is 2.13. The van der Waals surface area contributed by atoms with Crippen molar-refractivity contribution in [3.05, 3.63) is 69.9 Å². The van der Waals surface area contributed by atoms with Gasteiger partial charge in [-0.15, -0.1) is 0 Å². The summed E-state index contributed by atoms with van der Waals surface area (Å²) in [6.45, 7) is 0. The Morgan fingerprint density at radius 1 is 1.04 bits per heavy atom. The van der Waals surface area contributed by atoms with Crippen LogP contribution >= 0.6 is 15.9 Å². The van der Waals surface area contributed by atoms with Gasteiger partial charge in [-0.05, 0) is 35.4 Å². The van der Waals surface area contributed by atoms with E-state index in [0.717, 1.165) is 28.7 Å². The highest BCUT2D eigenvalue weighted by Gasteiger charge is 2.41. The van der Waals surface area contributed by atoms with Crippen molar-refractivity contribution in [3.8, 4) is 0 Å². The number of hydrogen-bond acceptors (Lipinski definition) is 1. The van der Waals surface area contributed by atoms with Crippen LogP contribution in [0.1, 0.15) is 17.2 Å². The SMILES string of the molecule is O=C(Cc1ccc(Br)cc1)NC(c1ccc(F)cc1)C(F)(F)F. The maximum absolute atomic E-state index is 13.1. The van der Waals surface area contributed by atoms with Crippen LogP contribution in [0.5, 0.6) is 0 Å². The summed E-state index contributed by atoms with van der Waals surface area (Å²) < 4.78 is 53.1. The monoisotopic (exact) mass is 389 g/mol. The third-order valence-corrected chi connectivity index (χ3v) is 3.64. The van der Waals surface area contributed by atoms with Gasteiger partial charge in [0, 0.05) is 4.47 Å². The zero-order valence-electron chi connectivity index (χ0n) is 11.7. The fourth-order valence-electron chi connectivity index (χ4n) is 2.01. The van der Waals surface area contributed by atoms with Crippen LogP contribution in [-0.4, -0.2) is 12.1 Å². The van der Waals surface area contributed by atoms with Crippen LogP contribution in [0.3, 0.4) is 0 Å². The van der Waals surface area contributed by atoms with E-state index in [1.807, 2.05) is 5.32 Å². The average molecular weight is 390 g/mol. The van der Waals surface area contributed by atoms with Gasteiger partial charge in [0.15, 0.2) is 6.04 Å². The highest BCUT2D eigenvalue weighted by Crippen LogP contribution is 2.32. The first kappa shape index (κ1) is 17.5. The number of alkyl halides is 3. The lowest BCUT2D eigenvalue weighted by molar-refractivity contribution is -0.163. The summed E-state index contributed by atoms with van der Waals surface area (Å²) in [5.41, 5.74) is 0.369. The van der Waals surface area contributed by atoms with E-state index in [9.17, 15) is 22.4 Å². The molecule has 2 aromatic rings. The highest BCUT2D eigenvalue weighted by atomic mass is 79.9. The first-order valence-corrected chi connectivity index (χ1v) is 7.41. The van der Waals surface area contributed by atoms with Crippen LogP contribution in [0.4, 0.5) is 17.6 Å². The molecule has 1 N–H and O–H groups in total. The maximum atomic E-state index is 13.1. The minimum Gasteiger partial charge on any atom is -0.341 e. The number of hydrogen-bond donors (Lipinski definition) is 1. The van der Waals surface area contributed by atoms with Crippen LogP contribution in [0.25, 0.3) is 0 Å². The summed E-state index contributed by atoms with van der Waals surface area (Å²) in [7, 11) is 0. The van der Waals surface area contributed by atoms with E-state index in [4.69, 9.17) is 0 Å². The van der Waals surface area contributed by atoms with Crippen LogP contribution in [0.15, 0.2) is 53.0 Å². The molecule has 7 heteroatoms. The van der Waals surface area contributed by atoms with Crippen molar-refractivity contribution in [2.45, 2.75) is 18.6 Å². The van der Waals surface area contributed by atoms with E-state index in [1.54, 1.807) is 24.3 Å². The summed E-state index contributed by atoms with van der Waals surface area (Å²) in [6, 6.07) is 8.37. The van der Waals surface area contributed by atoms with E-state index >= 15 is 0 Å². The predicted octanol–water partition coefficient (Wildman–Crippen LogP) is 4.55. The van der Waals surface area contributed by atoms with Crippen molar-refractivity contribution < 1.29 is 22.4 Å². The third-order valence-electron chi connectivity index (χ3n) is 3.11. The zero-order valence-corrected chi connectivity index (χ0v) is 13.3. The number of nitrogens with one attached hydrogen (secondary N) is 1. The molecular formula is C16H12BrF4NO. The minimum atomic E-state index is -4.67. The molecule has 23 heavy (non-hydrogen) atoms. The molecule has 0 radical (unpaired) electrons. The highest BCUT2D eigenvalue weighted by molar-refractivity contribution is 9.10. The van der Waals surface area contributed by atoms with Gasteiger partial charge in [-0.2, -0.15) is 13.2 Å². The van der Waals surface area contributed by atoms with E-state index < -0.39 is 23.9 Å². The van der Waals surface area contributed by atoms with Gasteiger partial charge in [0.05, 0.1) is 6.42 Å². The van der Waals surface area contributed by atoms with Crippen LogP contribution in [0.2, 0.25) is 0 Å². The summed E-state index contributed by atoms with van der Waals surface area (Å²) in [6.07, 6.45) is -4.85. The topological polar surface area (TPSA) is 29.1 Å². The number of amides is 1. The molecule has 0 saturated heterocycles. The molecule has 0 aliphatic heterocycles. The van der Waals surface area contributed by atoms with Crippen molar-refractivity contribution in [3.63, 3.8) is 0 Å². The summed E-state index contributed by atoms with van der Waals surface area (Å²) in [5, 5.41) is 1.96. The molecular weight excluding hydrogens is 378 g/mol. The zero-order chi connectivity index (χ0) is 17.0. The smallest absolute Gasteiger partial charge is 0.341 e. The molecule has 0 fully saturated rings. The lowest BCUT2D eigenvalue weighted by atomic mass is 10.1. The average Bonchev–Trinajstić information content (AvgIpc) is 2.47. The fourth-order valence-corrected chi connectivity index (χ4v) is 2.27. The molecule has 0 heterocycles. The molecule has 1 atom stereocenters. The molecule has 122 valence electrons. The van der Waals surface area contributed by atoms with Crippen molar-refractivity contribution in [2.75, 3.05) is 0 Å². The molecule has 0 spiro atoms. The molecule has 0 saturated carbocycles. The third kappa shape index (κ3) is 5.06. The quantitative estimate of drug-likeness (QED) is 0.763. The van der Waals surface area contributed by atoms with Crippen molar-refractivity contribution in [2.24, 2.45) is 0 Å². The fraction of sp³-hybridized carbons (Fsp3) is 0.188. The number of carbonyl (C=O) groups is 1. The van der Waals surface area contributed by atoms with E-state index in [2.05, 4.69) is 15.9 Å². The van der Waals surface area contributed by atoms with Crippen molar-refractivity contribution >= 4 is 21.8 Å². The van der Waals surface area contributed by atoms with E-state index in [-0.39, 0.29) is 12.0 Å². The Morgan fingerprint density at radius 3 is 2.13 bits per heavy atom. The summed E-state index contributed by atoms with van der Waals surface area (Å²) in [5.74, 6) is -1.41. The van der Waals surface area contributed by atoms with Crippen LogP contribution in [0, 0.1) is 5.82 Å². The second-order valence-corrected chi connectivity index (χ2v) is 5.81. The first-order valence-electron chi connectivity index (χ1n) is 6.61. The Kier molecular flexibility index (Phi) is 5.41. The van der Waals surface area contributed by atoms with Crippen molar-refractivity contribution in [1.29, 1.82) is 0 Å². The Hall–Kier alpha value is -1.89. The largest absolute Gasteiger partial charge is 0.412 e. The number of halogens is 5. The van der Waals surface area contributed by atoms with E-state index in [0.29, 0.717) is 5.56 Å². The van der Waals surface area contributed by atoms with Crippen LogP contribution < -0.4 is 5.32 Å². The molecule has 0 aromatic heterocycles. The van der Waals surface area contributed by atoms with E-state index in [1.165, 1.54) is 0 Å². The molecule has 2 aromatic carbocycles. The Bertz CT molecular complexity index is 668. The molecule has 2 nitrogen and oxygen atoms in total. The minimum absolute atomic E-state index is 0.180. The van der Waals surface area contributed by atoms with Gasteiger partial charge in [-0.3, -0.25) is 4.79 Å². The normalized spacial score (nSPS) is 12.7. The summed E-state index contributed by atoms with van der Waals surface area (Å²) in [4.78, 5) is 11.9. The lowest BCUT2D eigenvalue weighted by Gasteiger charge is -2.22. The van der Waals surface area contributed by atoms with Gasteiger partial charge in [0.2, 0.25) is 5.91 Å². The molecule has 0 bridgehead atoms. The van der Waals surface area contributed by atoms with Gasteiger partial charge in [0.25, 0.3) is 0 Å². The predicted molar refractivity (Wildman–Crippen MR) is 81.2 cm³/mol. The van der Waals surface area contributed by atoms with Crippen LogP contribution in [-0.2, 0) is 11.2 Å². The molecule has 0 aliphatic rings. The van der Waals surface area contributed by atoms with Gasteiger partial charge in [0.1, 0.15) is 5.82 Å². The number of benzene rings is 2. The van der Waals surface area contributed by atoms with Crippen molar-refractivity contribution in [1.82, 2.24) is 5.32 Å². The molecule has 0 aliphatic carbocycles. The second-order valence-electron chi connectivity index (χ2n) is 4.90. The Morgan fingerprint density at radius 2 is 1.61 bits per heavy atom. The van der Waals surface area contributed by atoms with Gasteiger partial charge in [-0.25, -0.2) is 4.39 Å². The maximum Gasteiger partial charge on any atom is 0.412 e. The molecule has 1 amide bonds. The van der Waals surface area contributed by atoms with Gasteiger partial charge < -0.3 is 5.32 Å². The van der Waals surface area contributed by atoms with Gasteiger partial charge >= 0.3 is 6.18 Å². The number of rotatable bonds is 4. The second kappa shape index (κ2) is 7.12.